The van der Waals surface area contributed by atoms with Crippen LogP contribution in [0, 0.1) is 11.8 Å². The Labute approximate surface area is 121 Å². The number of halogens is 1. The second-order valence-corrected chi connectivity index (χ2v) is 6.69. The molecule has 0 radical (unpaired) electrons. The van der Waals surface area contributed by atoms with Crippen molar-refractivity contribution in [3.8, 4) is 0 Å². The van der Waals surface area contributed by atoms with Gasteiger partial charge in [0.15, 0.2) is 0 Å². The monoisotopic (exact) mass is 277 g/mol. The highest BCUT2D eigenvalue weighted by Crippen LogP contribution is 2.34. The minimum Gasteiger partial charge on any atom is -0.314 e. The van der Waals surface area contributed by atoms with E-state index in [-0.39, 0.29) is 0 Å². The normalized spacial score (nSPS) is 27.4. The fourth-order valence-corrected chi connectivity index (χ4v) is 3.59. The molecular weight excluding hydrogens is 254 g/mol. The second kappa shape index (κ2) is 6.28. The summed E-state index contributed by atoms with van der Waals surface area (Å²) in [5.74, 6) is 1.67. The van der Waals surface area contributed by atoms with Crippen molar-refractivity contribution >= 4 is 11.6 Å². The van der Waals surface area contributed by atoms with E-state index in [1.54, 1.807) is 0 Å². The first kappa shape index (κ1) is 13.5. The fourth-order valence-electron chi connectivity index (χ4n) is 3.37. The lowest BCUT2D eigenvalue weighted by Gasteiger charge is -2.32. The number of hydrogen-bond acceptors (Lipinski definition) is 1. The Kier molecular flexibility index (Phi) is 4.45. The van der Waals surface area contributed by atoms with Crippen LogP contribution in [0.4, 0.5) is 0 Å². The van der Waals surface area contributed by atoms with Crippen molar-refractivity contribution in [3.63, 3.8) is 0 Å². The quantitative estimate of drug-likeness (QED) is 0.839. The summed E-state index contributed by atoms with van der Waals surface area (Å²) in [5, 5.41) is 4.67. The van der Waals surface area contributed by atoms with Gasteiger partial charge in [-0.1, -0.05) is 42.6 Å². The summed E-state index contributed by atoms with van der Waals surface area (Å²) in [7, 11) is 0. The van der Waals surface area contributed by atoms with Crippen molar-refractivity contribution in [2.45, 2.75) is 51.0 Å². The molecule has 1 aromatic carbocycles. The molecule has 2 fully saturated rings. The number of rotatable bonds is 5. The van der Waals surface area contributed by atoms with Crippen LogP contribution in [0.3, 0.4) is 0 Å². The molecule has 2 saturated carbocycles. The Morgan fingerprint density at radius 3 is 2.47 bits per heavy atom. The molecule has 0 bridgehead atoms. The maximum atomic E-state index is 6.31. The molecule has 0 heterocycles. The van der Waals surface area contributed by atoms with Crippen LogP contribution >= 0.6 is 11.6 Å². The van der Waals surface area contributed by atoms with Gasteiger partial charge in [0, 0.05) is 11.1 Å². The minimum atomic E-state index is 0.819. The van der Waals surface area contributed by atoms with E-state index >= 15 is 0 Å². The second-order valence-electron chi connectivity index (χ2n) is 6.28. The highest BCUT2D eigenvalue weighted by molar-refractivity contribution is 6.31. The first-order valence-electron chi connectivity index (χ1n) is 7.79. The lowest BCUT2D eigenvalue weighted by atomic mass is 9.76. The number of nitrogens with one attached hydrogen (secondary N) is 1. The standard InChI is InChI=1S/C17H24ClN/c18-17-8-4-3-6-14(17)11-13-5-1-2-7-15(13)12-19-16-9-10-16/h3-4,6,8,13,15-16,19H,1-2,5,7,9-12H2. The Hall–Kier alpha value is -0.530. The number of benzene rings is 1. The first-order chi connectivity index (χ1) is 9.33. The predicted molar refractivity (Wildman–Crippen MR) is 81.6 cm³/mol. The lowest BCUT2D eigenvalue weighted by Crippen LogP contribution is -2.32. The summed E-state index contributed by atoms with van der Waals surface area (Å²) in [6, 6.07) is 9.20. The van der Waals surface area contributed by atoms with Crippen LogP contribution in [0.5, 0.6) is 0 Å². The third kappa shape index (κ3) is 3.73. The third-order valence-electron chi connectivity index (χ3n) is 4.75. The van der Waals surface area contributed by atoms with Crippen molar-refractivity contribution in [1.82, 2.24) is 5.32 Å². The fraction of sp³-hybridized carbons (Fsp3) is 0.647. The van der Waals surface area contributed by atoms with Gasteiger partial charge in [0.05, 0.1) is 0 Å². The molecule has 0 aliphatic heterocycles. The predicted octanol–water partition coefficient (Wildman–Crippen LogP) is 4.44. The van der Waals surface area contributed by atoms with Gasteiger partial charge in [-0.3, -0.25) is 0 Å². The van der Waals surface area contributed by atoms with E-state index in [1.807, 2.05) is 12.1 Å². The van der Waals surface area contributed by atoms with Crippen LogP contribution < -0.4 is 5.32 Å². The van der Waals surface area contributed by atoms with E-state index in [2.05, 4.69) is 17.4 Å². The third-order valence-corrected chi connectivity index (χ3v) is 5.12. The van der Waals surface area contributed by atoms with Gasteiger partial charge in [0.1, 0.15) is 0 Å². The summed E-state index contributed by atoms with van der Waals surface area (Å²) < 4.78 is 0. The lowest BCUT2D eigenvalue weighted by molar-refractivity contribution is 0.228. The van der Waals surface area contributed by atoms with E-state index < -0.39 is 0 Å². The van der Waals surface area contributed by atoms with Crippen molar-refractivity contribution < 1.29 is 0 Å². The van der Waals surface area contributed by atoms with Gasteiger partial charge in [-0.05, 0) is 62.1 Å². The topological polar surface area (TPSA) is 12.0 Å². The summed E-state index contributed by atoms with van der Waals surface area (Å²) >= 11 is 6.31. The molecule has 0 spiro atoms. The van der Waals surface area contributed by atoms with Crippen molar-refractivity contribution in [2.24, 2.45) is 11.8 Å². The molecule has 0 aromatic heterocycles. The van der Waals surface area contributed by atoms with Gasteiger partial charge in [-0.25, -0.2) is 0 Å². The van der Waals surface area contributed by atoms with Crippen LogP contribution in [-0.4, -0.2) is 12.6 Å². The SMILES string of the molecule is Clc1ccccc1CC1CCCCC1CNC1CC1. The average molecular weight is 278 g/mol. The molecule has 0 saturated heterocycles. The highest BCUT2D eigenvalue weighted by atomic mass is 35.5. The molecule has 3 rings (SSSR count). The average Bonchev–Trinajstić information content (AvgIpc) is 3.24. The molecule has 104 valence electrons. The van der Waals surface area contributed by atoms with Crippen molar-refractivity contribution in [2.75, 3.05) is 6.54 Å². The van der Waals surface area contributed by atoms with Crippen LogP contribution in [0.25, 0.3) is 0 Å². The summed E-state index contributed by atoms with van der Waals surface area (Å²) in [6.45, 7) is 1.22. The molecule has 19 heavy (non-hydrogen) atoms. The maximum Gasteiger partial charge on any atom is 0.0438 e. The largest absolute Gasteiger partial charge is 0.314 e. The zero-order chi connectivity index (χ0) is 13.1. The van der Waals surface area contributed by atoms with Gasteiger partial charge in [0.2, 0.25) is 0 Å². The molecule has 1 N–H and O–H groups in total. The summed E-state index contributed by atoms with van der Waals surface area (Å²) in [4.78, 5) is 0. The minimum absolute atomic E-state index is 0.819. The van der Waals surface area contributed by atoms with Crippen molar-refractivity contribution in [3.05, 3.63) is 34.9 Å². The first-order valence-corrected chi connectivity index (χ1v) is 8.17. The van der Waals surface area contributed by atoms with Crippen LogP contribution in [0.15, 0.2) is 24.3 Å². The van der Waals surface area contributed by atoms with Crippen LogP contribution in [-0.2, 0) is 6.42 Å². The van der Waals surface area contributed by atoms with Gasteiger partial charge >= 0.3 is 0 Å². The molecule has 1 nitrogen and oxygen atoms in total. The Bertz CT molecular complexity index is 413. The molecule has 2 aliphatic carbocycles. The molecule has 2 heteroatoms. The van der Waals surface area contributed by atoms with E-state index in [0.717, 1.165) is 29.3 Å². The van der Waals surface area contributed by atoms with Gasteiger partial charge in [-0.15, -0.1) is 0 Å². The molecular formula is C17H24ClN. The smallest absolute Gasteiger partial charge is 0.0438 e. The molecule has 1 aromatic rings. The van der Waals surface area contributed by atoms with Gasteiger partial charge in [-0.2, -0.15) is 0 Å². The Morgan fingerprint density at radius 1 is 1.00 bits per heavy atom. The molecule has 0 amide bonds. The molecule has 2 unspecified atom stereocenters. The van der Waals surface area contributed by atoms with Gasteiger partial charge in [0.25, 0.3) is 0 Å². The zero-order valence-electron chi connectivity index (χ0n) is 11.6. The van der Waals surface area contributed by atoms with E-state index in [9.17, 15) is 0 Å². The molecule has 2 aliphatic rings. The van der Waals surface area contributed by atoms with Crippen LogP contribution in [0.1, 0.15) is 44.1 Å². The summed E-state index contributed by atoms with van der Waals surface area (Å²) in [6.07, 6.45) is 9.53. The van der Waals surface area contributed by atoms with E-state index in [1.165, 1.54) is 50.6 Å². The summed E-state index contributed by atoms with van der Waals surface area (Å²) in [5.41, 5.74) is 1.34. The maximum absolute atomic E-state index is 6.31. The van der Waals surface area contributed by atoms with Crippen LogP contribution in [0.2, 0.25) is 5.02 Å². The van der Waals surface area contributed by atoms with E-state index in [0.29, 0.717) is 0 Å². The Balaban J connectivity index is 1.60. The number of hydrogen-bond donors (Lipinski definition) is 1. The van der Waals surface area contributed by atoms with E-state index in [4.69, 9.17) is 11.6 Å². The molecule has 2 atom stereocenters. The van der Waals surface area contributed by atoms with Crippen molar-refractivity contribution in [1.29, 1.82) is 0 Å². The highest BCUT2D eigenvalue weighted by Gasteiger charge is 2.28. The zero-order valence-corrected chi connectivity index (χ0v) is 12.3. The Morgan fingerprint density at radius 2 is 1.74 bits per heavy atom. The van der Waals surface area contributed by atoms with Gasteiger partial charge < -0.3 is 5.32 Å².